The molecule has 3 aromatic rings. The van der Waals surface area contributed by atoms with E-state index >= 15 is 0 Å². The Morgan fingerprint density at radius 2 is 1.83 bits per heavy atom. The van der Waals surface area contributed by atoms with E-state index in [0.29, 0.717) is 12.3 Å². The number of anilines is 4. The van der Waals surface area contributed by atoms with E-state index in [0.717, 1.165) is 17.7 Å². The van der Waals surface area contributed by atoms with Gasteiger partial charge in [-0.05, 0) is 35.9 Å². The second-order valence-corrected chi connectivity index (χ2v) is 6.14. The standard InChI is InChI=1S/C19H19F3N6O/c1-29-15-7-5-12(6-8-15)10-28(24)18-16(23)17(25-11-26-18)27-14-4-2-3-13(9-14)19(20,21)22/h2-9,11H,10,23-24H2,1H3,(H,25,26,27). The Morgan fingerprint density at radius 1 is 1.10 bits per heavy atom. The molecule has 3 rings (SSSR count). The highest BCUT2D eigenvalue weighted by molar-refractivity contribution is 5.78. The van der Waals surface area contributed by atoms with Crippen LogP contribution in [-0.4, -0.2) is 17.1 Å². The van der Waals surface area contributed by atoms with Gasteiger partial charge in [0.2, 0.25) is 0 Å². The zero-order valence-electron chi connectivity index (χ0n) is 15.4. The Balaban J connectivity index is 1.80. The van der Waals surface area contributed by atoms with Crippen molar-refractivity contribution in [3.05, 3.63) is 66.0 Å². The summed E-state index contributed by atoms with van der Waals surface area (Å²) in [6.45, 7) is 0.300. The maximum Gasteiger partial charge on any atom is 0.416 e. The molecule has 7 nitrogen and oxygen atoms in total. The van der Waals surface area contributed by atoms with Crippen molar-refractivity contribution in [2.45, 2.75) is 12.7 Å². The van der Waals surface area contributed by atoms with Crippen molar-refractivity contribution < 1.29 is 17.9 Å². The third-order valence-corrected chi connectivity index (χ3v) is 4.10. The van der Waals surface area contributed by atoms with Gasteiger partial charge in [-0.1, -0.05) is 18.2 Å². The predicted molar refractivity (Wildman–Crippen MR) is 105 cm³/mol. The molecular weight excluding hydrogens is 385 g/mol. The summed E-state index contributed by atoms with van der Waals surface area (Å²) < 4.78 is 43.8. The number of benzene rings is 2. The van der Waals surface area contributed by atoms with Crippen LogP contribution in [0.5, 0.6) is 5.75 Å². The number of alkyl halides is 3. The fourth-order valence-electron chi connectivity index (χ4n) is 2.63. The minimum Gasteiger partial charge on any atom is -0.497 e. The van der Waals surface area contributed by atoms with Crippen LogP contribution in [0.1, 0.15) is 11.1 Å². The highest BCUT2D eigenvalue weighted by atomic mass is 19.4. The Kier molecular flexibility index (Phi) is 5.74. The molecular formula is C19H19F3N6O. The van der Waals surface area contributed by atoms with E-state index in [4.69, 9.17) is 16.3 Å². The number of hydrogen-bond donors (Lipinski definition) is 3. The van der Waals surface area contributed by atoms with Crippen molar-refractivity contribution in [2.24, 2.45) is 5.84 Å². The van der Waals surface area contributed by atoms with Gasteiger partial charge in [0.1, 0.15) is 17.8 Å². The first-order valence-electron chi connectivity index (χ1n) is 8.48. The van der Waals surface area contributed by atoms with Gasteiger partial charge in [0, 0.05) is 5.69 Å². The van der Waals surface area contributed by atoms with Gasteiger partial charge in [0.15, 0.2) is 11.6 Å². The summed E-state index contributed by atoms with van der Waals surface area (Å²) in [5, 5.41) is 4.11. The topological polar surface area (TPSA) is 102 Å². The summed E-state index contributed by atoms with van der Waals surface area (Å²) in [5.41, 5.74) is 6.51. The summed E-state index contributed by atoms with van der Waals surface area (Å²) in [5.74, 6) is 7.20. The normalized spacial score (nSPS) is 11.2. The number of halogens is 3. The summed E-state index contributed by atoms with van der Waals surface area (Å²) in [4.78, 5) is 8.10. The van der Waals surface area contributed by atoms with Crippen LogP contribution in [0.25, 0.3) is 0 Å². The van der Waals surface area contributed by atoms with Crippen molar-refractivity contribution in [1.82, 2.24) is 9.97 Å². The number of nitrogens with two attached hydrogens (primary N) is 2. The number of methoxy groups -OCH3 is 1. The third-order valence-electron chi connectivity index (χ3n) is 4.10. The number of rotatable bonds is 6. The number of aromatic nitrogens is 2. The molecule has 0 aliphatic carbocycles. The van der Waals surface area contributed by atoms with Crippen LogP contribution in [-0.2, 0) is 12.7 Å². The molecule has 0 spiro atoms. The van der Waals surface area contributed by atoms with Crippen LogP contribution < -0.4 is 26.6 Å². The van der Waals surface area contributed by atoms with Crippen molar-refractivity contribution in [1.29, 1.82) is 0 Å². The van der Waals surface area contributed by atoms with E-state index in [1.54, 1.807) is 19.2 Å². The molecule has 29 heavy (non-hydrogen) atoms. The molecule has 10 heteroatoms. The van der Waals surface area contributed by atoms with E-state index < -0.39 is 11.7 Å². The fourth-order valence-corrected chi connectivity index (χ4v) is 2.63. The van der Waals surface area contributed by atoms with Gasteiger partial charge in [-0.15, -0.1) is 0 Å². The van der Waals surface area contributed by atoms with Crippen molar-refractivity contribution in [3.63, 3.8) is 0 Å². The lowest BCUT2D eigenvalue weighted by Gasteiger charge is -2.20. The second kappa shape index (κ2) is 8.23. The predicted octanol–water partition coefficient (Wildman–Crippen LogP) is 3.71. The third kappa shape index (κ3) is 4.85. The number of nitrogen functional groups attached to an aromatic ring is 1. The Labute approximate surface area is 165 Å². The average Bonchev–Trinajstić information content (AvgIpc) is 2.69. The highest BCUT2D eigenvalue weighted by Gasteiger charge is 2.30. The van der Waals surface area contributed by atoms with Gasteiger partial charge in [0.25, 0.3) is 0 Å². The van der Waals surface area contributed by atoms with E-state index in [1.165, 1.54) is 23.5 Å². The minimum atomic E-state index is -4.45. The monoisotopic (exact) mass is 404 g/mol. The number of hydrazine groups is 1. The van der Waals surface area contributed by atoms with Crippen LogP contribution in [0, 0.1) is 0 Å². The Bertz CT molecular complexity index is 978. The van der Waals surface area contributed by atoms with Crippen molar-refractivity contribution in [2.75, 3.05) is 23.2 Å². The van der Waals surface area contributed by atoms with Crippen molar-refractivity contribution in [3.8, 4) is 5.75 Å². The van der Waals surface area contributed by atoms with E-state index in [9.17, 15) is 13.2 Å². The Hall–Kier alpha value is -3.53. The van der Waals surface area contributed by atoms with E-state index in [1.807, 2.05) is 12.1 Å². The second-order valence-electron chi connectivity index (χ2n) is 6.14. The molecule has 0 amide bonds. The quantitative estimate of drug-likeness (QED) is 0.425. The first-order chi connectivity index (χ1) is 13.8. The molecule has 2 aromatic carbocycles. The van der Waals surface area contributed by atoms with E-state index in [-0.39, 0.29) is 23.0 Å². The molecule has 5 N–H and O–H groups in total. The van der Waals surface area contributed by atoms with Gasteiger partial charge in [-0.2, -0.15) is 13.2 Å². The lowest BCUT2D eigenvalue weighted by Crippen LogP contribution is -2.32. The summed E-state index contributed by atoms with van der Waals surface area (Å²) >= 11 is 0. The molecule has 0 saturated carbocycles. The average molecular weight is 404 g/mol. The number of nitrogens with zero attached hydrogens (tertiary/aromatic N) is 3. The van der Waals surface area contributed by atoms with Crippen LogP contribution >= 0.6 is 0 Å². The maximum atomic E-state index is 12.9. The van der Waals surface area contributed by atoms with Gasteiger partial charge < -0.3 is 15.8 Å². The van der Waals surface area contributed by atoms with Gasteiger partial charge >= 0.3 is 6.18 Å². The molecule has 0 fully saturated rings. The molecule has 0 saturated heterocycles. The first kappa shape index (κ1) is 20.2. The lowest BCUT2D eigenvalue weighted by atomic mass is 10.2. The smallest absolute Gasteiger partial charge is 0.416 e. The molecule has 0 atom stereocenters. The van der Waals surface area contributed by atoms with E-state index in [2.05, 4.69) is 15.3 Å². The zero-order chi connectivity index (χ0) is 21.0. The molecule has 0 unspecified atom stereocenters. The molecule has 152 valence electrons. The molecule has 1 aromatic heterocycles. The van der Waals surface area contributed by atoms with Gasteiger partial charge in [0.05, 0.1) is 19.2 Å². The van der Waals surface area contributed by atoms with Crippen molar-refractivity contribution >= 4 is 23.0 Å². The molecule has 1 heterocycles. The minimum absolute atomic E-state index is 0.112. The fraction of sp³-hybridized carbons (Fsp3) is 0.158. The SMILES string of the molecule is COc1ccc(CN(N)c2ncnc(Nc3cccc(C(F)(F)F)c3)c2N)cc1. The summed E-state index contributed by atoms with van der Waals surface area (Å²) in [6.07, 6.45) is -3.22. The largest absolute Gasteiger partial charge is 0.497 e. The molecule has 0 aliphatic rings. The van der Waals surface area contributed by atoms with Gasteiger partial charge in [-0.3, -0.25) is 5.01 Å². The zero-order valence-corrected chi connectivity index (χ0v) is 15.4. The van der Waals surface area contributed by atoms with Crippen LogP contribution in [0.3, 0.4) is 0 Å². The summed E-state index contributed by atoms with van der Waals surface area (Å²) in [7, 11) is 1.57. The first-order valence-corrected chi connectivity index (χ1v) is 8.48. The molecule has 0 bridgehead atoms. The molecule has 0 aliphatic heterocycles. The summed E-state index contributed by atoms with van der Waals surface area (Å²) in [6, 6.07) is 12.0. The number of hydrogen-bond acceptors (Lipinski definition) is 7. The lowest BCUT2D eigenvalue weighted by molar-refractivity contribution is -0.137. The van der Waals surface area contributed by atoms with Crippen LogP contribution in [0.4, 0.5) is 36.2 Å². The maximum absolute atomic E-state index is 12.9. The number of nitrogens with one attached hydrogen (secondary N) is 1. The van der Waals surface area contributed by atoms with Gasteiger partial charge in [-0.25, -0.2) is 15.8 Å². The number of ether oxygens (including phenoxy) is 1. The molecule has 0 radical (unpaired) electrons. The Morgan fingerprint density at radius 3 is 2.48 bits per heavy atom. The van der Waals surface area contributed by atoms with Crippen LogP contribution in [0.15, 0.2) is 54.9 Å². The van der Waals surface area contributed by atoms with Crippen LogP contribution in [0.2, 0.25) is 0 Å². The highest BCUT2D eigenvalue weighted by Crippen LogP contribution is 2.33.